The molecule has 0 fully saturated rings. The first-order valence-electron chi connectivity index (χ1n) is 6.68. The van der Waals surface area contributed by atoms with Gasteiger partial charge in [-0.3, -0.25) is 25.7 Å². The molecule has 0 aliphatic heterocycles. The van der Waals surface area contributed by atoms with Crippen molar-refractivity contribution in [2.45, 2.75) is 6.18 Å². The topological polar surface area (TPSA) is 111 Å². The van der Waals surface area contributed by atoms with Gasteiger partial charge < -0.3 is 0 Å². The molecule has 0 bridgehead atoms. The second-order valence-corrected chi connectivity index (χ2v) is 5.26. The predicted molar refractivity (Wildman–Crippen MR) is 87.4 cm³/mol. The number of hydrogen-bond donors (Lipinski definition) is 1. The number of benzene rings is 2. The van der Waals surface area contributed by atoms with Crippen molar-refractivity contribution in [3.8, 4) is 0 Å². The lowest BCUT2D eigenvalue weighted by atomic mass is 10.1. The predicted octanol–water partition coefficient (Wildman–Crippen LogP) is 4.62. The molecule has 0 unspecified atom stereocenters. The van der Waals surface area contributed by atoms with Crippen molar-refractivity contribution in [1.29, 1.82) is 0 Å². The van der Waals surface area contributed by atoms with E-state index in [1.807, 2.05) is 0 Å². The minimum absolute atomic E-state index is 0.202. The van der Waals surface area contributed by atoms with Crippen LogP contribution < -0.4 is 5.43 Å². The lowest BCUT2D eigenvalue weighted by Crippen LogP contribution is -2.09. The van der Waals surface area contributed by atoms with Crippen LogP contribution in [0.2, 0.25) is 5.02 Å². The quantitative estimate of drug-likeness (QED) is 0.456. The van der Waals surface area contributed by atoms with Crippen molar-refractivity contribution in [3.05, 3.63) is 72.8 Å². The highest BCUT2D eigenvalue weighted by atomic mass is 35.5. The highest BCUT2D eigenvalue weighted by Gasteiger charge is 2.37. The van der Waals surface area contributed by atoms with Gasteiger partial charge in [-0.15, -0.1) is 0 Å². The van der Waals surface area contributed by atoms with E-state index < -0.39 is 38.6 Å². The third kappa shape index (κ3) is 4.45. The van der Waals surface area contributed by atoms with Crippen LogP contribution in [-0.4, -0.2) is 16.1 Å². The number of nitrogens with one attached hydrogen (secondary N) is 1. The molecule has 0 aliphatic rings. The van der Waals surface area contributed by atoms with Gasteiger partial charge in [0.05, 0.1) is 21.6 Å². The van der Waals surface area contributed by atoms with Crippen LogP contribution >= 0.6 is 11.6 Å². The molecule has 0 aromatic heterocycles. The van der Waals surface area contributed by atoms with Crippen molar-refractivity contribution < 1.29 is 23.0 Å². The fourth-order valence-electron chi connectivity index (χ4n) is 1.90. The van der Waals surface area contributed by atoms with Gasteiger partial charge in [0, 0.05) is 17.2 Å². The van der Waals surface area contributed by atoms with Crippen LogP contribution in [0.25, 0.3) is 0 Å². The zero-order chi connectivity index (χ0) is 19.5. The SMILES string of the molecule is O=[N+]([O-])c1cc(C(F)(F)F)cc([N+](=O)[O-])c1N/N=C\c1ccc(Cl)cc1. The molecule has 0 spiro atoms. The van der Waals surface area contributed by atoms with E-state index >= 15 is 0 Å². The first-order valence-corrected chi connectivity index (χ1v) is 7.06. The van der Waals surface area contributed by atoms with Crippen molar-refractivity contribution in [2.24, 2.45) is 5.10 Å². The van der Waals surface area contributed by atoms with Gasteiger partial charge in [0.25, 0.3) is 0 Å². The van der Waals surface area contributed by atoms with Gasteiger partial charge in [0.15, 0.2) is 0 Å². The van der Waals surface area contributed by atoms with Crippen LogP contribution in [-0.2, 0) is 6.18 Å². The Morgan fingerprint density at radius 1 is 1.04 bits per heavy atom. The molecular weight excluding hydrogens is 381 g/mol. The molecule has 2 aromatic rings. The summed E-state index contributed by atoms with van der Waals surface area (Å²) in [4.78, 5) is 19.8. The van der Waals surface area contributed by atoms with Gasteiger partial charge in [0.2, 0.25) is 5.69 Å². The second kappa shape index (κ2) is 7.35. The number of hydrogen-bond acceptors (Lipinski definition) is 6. The third-order valence-corrected chi connectivity index (χ3v) is 3.33. The van der Waals surface area contributed by atoms with Crippen molar-refractivity contribution in [3.63, 3.8) is 0 Å². The van der Waals surface area contributed by atoms with Gasteiger partial charge >= 0.3 is 17.6 Å². The Balaban J connectivity index is 2.46. The largest absolute Gasteiger partial charge is 0.416 e. The van der Waals surface area contributed by atoms with Crippen LogP contribution in [0.15, 0.2) is 41.5 Å². The fraction of sp³-hybridized carbons (Fsp3) is 0.0714. The summed E-state index contributed by atoms with van der Waals surface area (Å²) in [6.07, 6.45) is -3.82. The zero-order valence-electron chi connectivity index (χ0n) is 12.5. The molecule has 0 radical (unpaired) electrons. The van der Waals surface area contributed by atoms with E-state index in [1.165, 1.54) is 18.3 Å². The van der Waals surface area contributed by atoms with Gasteiger partial charge in [-0.05, 0) is 17.7 Å². The second-order valence-electron chi connectivity index (χ2n) is 4.82. The molecule has 0 aliphatic carbocycles. The zero-order valence-corrected chi connectivity index (χ0v) is 13.3. The number of hydrazone groups is 1. The number of anilines is 1. The Kier molecular flexibility index (Phi) is 5.41. The number of halogens is 4. The summed E-state index contributed by atoms with van der Waals surface area (Å²) >= 11 is 5.70. The van der Waals surface area contributed by atoms with Crippen LogP contribution in [0.4, 0.5) is 30.2 Å². The van der Waals surface area contributed by atoms with E-state index in [1.54, 1.807) is 12.1 Å². The number of nitrogens with zero attached hydrogens (tertiary/aromatic N) is 3. The maximum atomic E-state index is 12.8. The maximum Gasteiger partial charge on any atom is 0.416 e. The lowest BCUT2D eigenvalue weighted by molar-refractivity contribution is -0.392. The van der Waals surface area contributed by atoms with E-state index in [0.29, 0.717) is 10.6 Å². The van der Waals surface area contributed by atoms with Crippen LogP contribution in [0.3, 0.4) is 0 Å². The lowest BCUT2D eigenvalue weighted by Gasteiger charge is -2.09. The summed E-state index contributed by atoms with van der Waals surface area (Å²) in [5.74, 6) is 0. The average molecular weight is 389 g/mol. The molecule has 2 rings (SSSR count). The van der Waals surface area contributed by atoms with Crippen LogP contribution in [0.5, 0.6) is 0 Å². The molecule has 0 saturated carbocycles. The molecule has 0 heterocycles. The monoisotopic (exact) mass is 388 g/mol. The van der Waals surface area contributed by atoms with E-state index in [4.69, 9.17) is 11.6 Å². The van der Waals surface area contributed by atoms with E-state index in [2.05, 4.69) is 10.5 Å². The standard InChI is InChI=1S/C14H8ClF3N4O4/c15-10-3-1-8(2-4-10)7-19-20-13-11(21(23)24)5-9(14(16,17)18)6-12(13)22(25)26/h1-7,20H/b19-7-. The van der Waals surface area contributed by atoms with E-state index in [9.17, 15) is 33.4 Å². The van der Waals surface area contributed by atoms with E-state index in [0.717, 1.165) is 0 Å². The summed E-state index contributed by atoms with van der Waals surface area (Å²) in [6, 6.07) is 6.56. The van der Waals surface area contributed by atoms with Crippen molar-refractivity contribution in [2.75, 3.05) is 5.43 Å². The van der Waals surface area contributed by atoms with Crippen molar-refractivity contribution in [1.82, 2.24) is 0 Å². The number of alkyl halides is 3. The Morgan fingerprint density at radius 3 is 1.96 bits per heavy atom. The average Bonchev–Trinajstić information content (AvgIpc) is 2.55. The number of nitro groups is 2. The Hall–Kier alpha value is -3.21. The summed E-state index contributed by atoms with van der Waals surface area (Å²) < 4.78 is 38.4. The molecular formula is C14H8ClF3N4O4. The molecule has 26 heavy (non-hydrogen) atoms. The Morgan fingerprint density at radius 2 is 1.54 bits per heavy atom. The molecule has 136 valence electrons. The summed E-state index contributed by atoms with van der Waals surface area (Å²) in [7, 11) is 0. The minimum atomic E-state index is -4.99. The van der Waals surface area contributed by atoms with Crippen molar-refractivity contribution >= 4 is 34.9 Å². The molecule has 0 atom stereocenters. The maximum absolute atomic E-state index is 12.8. The van der Waals surface area contributed by atoms with Gasteiger partial charge in [-0.2, -0.15) is 18.3 Å². The van der Waals surface area contributed by atoms with Gasteiger partial charge in [0.1, 0.15) is 0 Å². The minimum Gasteiger partial charge on any atom is -0.266 e. The highest BCUT2D eigenvalue weighted by Crippen LogP contribution is 2.41. The fourth-order valence-corrected chi connectivity index (χ4v) is 2.02. The first-order chi connectivity index (χ1) is 12.1. The summed E-state index contributed by atoms with van der Waals surface area (Å²) in [5.41, 5.74) is -1.96. The smallest absolute Gasteiger partial charge is 0.266 e. The number of nitro benzene ring substituents is 2. The van der Waals surface area contributed by atoms with Gasteiger partial charge in [-0.25, -0.2) is 0 Å². The molecule has 0 amide bonds. The highest BCUT2D eigenvalue weighted by molar-refractivity contribution is 6.30. The Labute approximate surface area is 148 Å². The normalized spacial score (nSPS) is 11.5. The molecule has 0 saturated heterocycles. The van der Waals surface area contributed by atoms with Crippen LogP contribution in [0, 0.1) is 20.2 Å². The molecule has 1 N–H and O–H groups in total. The van der Waals surface area contributed by atoms with Gasteiger partial charge in [-0.1, -0.05) is 23.7 Å². The Bertz CT molecular complexity index is 850. The molecule has 8 nitrogen and oxygen atoms in total. The molecule has 12 heteroatoms. The number of rotatable bonds is 5. The van der Waals surface area contributed by atoms with E-state index in [-0.39, 0.29) is 12.1 Å². The summed E-state index contributed by atoms with van der Waals surface area (Å²) in [5, 5.41) is 26.2. The van der Waals surface area contributed by atoms with Crippen LogP contribution in [0.1, 0.15) is 11.1 Å². The third-order valence-electron chi connectivity index (χ3n) is 3.08. The summed E-state index contributed by atoms with van der Waals surface area (Å²) in [6.45, 7) is 0. The molecule has 2 aromatic carbocycles. The first kappa shape index (κ1) is 19.1.